The topological polar surface area (TPSA) is 75.5 Å². The van der Waals surface area contributed by atoms with Crippen molar-refractivity contribution in [2.75, 3.05) is 26.2 Å². The van der Waals surface area contributed by atoms with Crippen LogP contribution in [0.3, 0.4) is 0 Å². The molecular formula is C16H21N3O3. The van der Waals surface area contributed by atoms with Gasteiger partial charge in [-0.05, 0) is 56.3 Å². The molecule has 0 bridgehead atoms. The van der Waals surface area contributed by atoms with Gasteiger partial charge >= 0.3 is 0 Å². The van der Waals surface area contributed by atoms with Crippen molar-refractivity contribution in [3.05, 3.63) is 39.4 Å². The molecule has 2 saturated heterocycles. The molecule has 0 aromatic heterocycles. The highest BCUT2D eigenvalue weighted by atomic mass is 16.6. The number of nitrogens with zero attached hydrogens (tertiary/aromatic N) is 2. The summed E-state index contributed by atoms with van der Waals surface area (Å²) in [7, 11) is 0. The highest BCUT2D eigenvalue weighted by Gasteiger charge is 2.33. The molecule has 3 rings (SSSR count). The van der Waals surface area contributed by atoms with E-state index >= 15 is 0 Å². The van der Waals surface area contributed by atoms with Crippen molar-refractivity contribution in [1.82, 2.24) is 10.2 Å². The number of carbonyl (C=O) groups excluding carboxylic acids is 1. The first kappa shape index (κ1) is 15.0. The predicted molar refractivity (Wildman–Crippen MR) is 82.8 cm³/mol. The van der Waals surface area contributed by atoms with Crippen LogP contribution < -0.4 is 5.32 Å². The molecule has 2 aliphatic heterocycles. The van der Waals surface area contributed by atoms with Gasteiger partial charge in [0.1, 0.15) is 5.56 Å². The van der Waals surface area contributed by atoms with Crippen LogP contribution in [0, 0.1) is 28.9 Å². The van der Waals surface area contributed by atoms with Crippen molar-refractivity contribution in [3.63, 3.8) is 0 Å². The number of benzene rings is 1. The van der Waals surface area contributed by atoms with Gasteiger partial charge in [0.05, 0.1) is 4.92 Å². The van der Waals surface area contributed by atoms with Gasteiger partial charge in [-0.25, -0.2) is 0 Å². The molecule has 2 fully saturated rings. The van der Waals surface area contributed by atoms with E-state index in [0.717, 1.165) is 31.5 Å². The standard InChI is InChI=1S/C16H21N3O3/c1-11-2-3-15(19(21)22)14(8-11)16(20)18-6-4-12-9-17-10-13(12)5-7-18/h2-3,8,12-13,17H,4-7,9-10H2,1H3/t12-,13+. The summed E-state index contributed by atoms with van der Waals surface area (Å²) in [6.45, 7) is 5.27. The molecule has 0 spiro atoms. The minimum Gasteiger partial charge on any atom is -0.338 e. The van der Waals surface area contributed by atoms with E-state index in [-0.39, 0.29) is 17.2 Å². The Labute approximate surface area is 129 Å². The summed E-state index contributed by atoms with van der Waals surface area (Å²) in [6, 6.07) is 4.74. The van der Waals surface area contributed by atoms with E-state index < -0.39 is 4.92 Å². The number of aryl methyl sites for hydroxylation is 1. The molecule has 6 nitrogen and oxygen atoms in total. The van der Waals surface area contributed by atoms with Crippen molar-refractivity contribution in [3.8, 4) is 0 Å². The second kappa shape index (κ2) is 6.04. The van der Waals surface area contributed by atoms with Crippen LogP contribution in [0.5, 0.6) is 0 Å². The molecule has 22 heavy (non-hydrogen) atoms. The molecule has 2 aliphatic rings. The van der Waals surface area contributed by atoms with Gasteiger partial charge in [0.15, 0.2) is 0 Å². The highest BCUT2D eigenvalue weighted by Crippen LogP contribution is 2.29. The monoisotopic (exact) mass is 303 g/mol. The van der Waals surface area contributed by atoms with Crippen LogP contribution in [-0.2, 0) is 0 Å². The number of nitro groups is 1. The summed E-state index contributed by atoms with van der Waals surface area (Å²) < 4.78 is 0. The molecule has 0 aliphatic carbocycles. The van der Waals surface area contributed by atoms with Gasteiger partial charge in [-0.2, -0.15) is 0 Å². The maximum atomic E-state index is 12.8. The van der Waals surface area contributed by atoms with Crippen LogP contribution in [0.4, 0.5) is 5.69 Å². The Bertz CT molecular complexity index is 588. The molecule has 1 aromatic carbocycles. The zero-order chi connectivity index (χ0) is 15.7. The molecule has 0 saturated carbocycles. The third-order valence-electron chi connectivity index (χ3n) is 4.89. The molecule has 2 heterocycles. The molecule has 6 heteroatoms. The number of rotatable bonds is 2. The lowest BCUT2D eigenvalue weighted by molar-refractivity contribution is -0.385. The lowest BCUT2D eigenvalue weighted by Gasteiger charge is -2.21. The summed E-state index contributed by atoms with van der Waals surface area (Å²) in [6.07, 6.45) is 1.95. The van der Waals surface area contributed by atoms with Gasteiger partial charge in [-0.1, -0.05) is 6.07 Å². The summed E-state index contributed by atoms with van der Waals surface area (Å²) in [4.78, 5) is 25.3. The molecule has 118 valence electrons. The smallest absolute Gasteiger partial charge is 0.282 e. The average Bonchev–Trinajstić information content (AvgIpc) is 2.85. The number of likely N-dealkylation sites (tertiary alicyclic amines) is 1. The third kappa shape index (κ3) is 2.83. The number of hydrogen-bond donors (Lipinski definition) is 1. The molecule has 1 N–H and O–H groups in total. The van der Waals surface area contributed by atoms with E-state index in [4.69, 9.17) is 0 Å². The van der Waals surface area contributed by atoms with Crippen LogP contribution in [0.25, 0.3) is 0 Å². The molecule has 0 unspecified atom stereocenters. The first-order valence-corrected chi connectivity index (χ1v) is 7.81. The second-order valence-corrected chi connectivity index (χ2v) is 6.33. The number of carbonyl (C=O) groups is 1. The molecule has 0 radical (unpaired) electrons. The third-order valence-corrected chi connectivity index (χ3v) is 4.89. The van der Waals surface area contributed by atoms with Crippen molar-refractivity contribution < 1.29 is 9.72 Å². The van der Waals surface area contributed by atoms with Gasteiger partial charge in [0, 0.05) is 19.2 Å². The number of amides is 1. The van der Waals surface area contributed by atoms with Gasteiger partial charge in [-0.15, -0.1) is 0 Å². The number of fused-ring (bicyclic) bond motifs is 1. The molecule has 1 amide bonds. The molecule has 1 aromatic rings. The fraction of sp³-hybridized carbons (Fsp3) is 0.562. The first-order valence-electron chi connectivity index (χ1n) is 7.81. The Balaban J connectivity index is 1.82. The zero-order valence-corrected chi connectivity index (χ0v) is 12.7. The van der Waals surface area contributed by atoms with Crippen molar-refractivity contribution >= 4 is 11.6 Å². The van der Waals surface area contributed by atoms with E-state index in [1.54, 1.807) is 17.0 Å². The summed E-state index contributed by atoms with van der Waals surface area (Å²) in [5, 5.41) is 14.6. The zero-order valence-electron chi connectivity index (χ0n) is 12.7. The highest BCUT2D eigenvalue weighted by molar-refractivity contribution is 5.98. The lowest BCUT2D eigenvalue weighted by atomic mass is 9.92. The minimum absolute atomic E-state index is 0.0956. The number of nitrogens with one attached hydrogen (secondary N) is 1. The van der Waals surface area contributed by atoms with Crippen molar-refractivity contribution in [1.29, 1.82) is 0 Å². The van der Waals surface area contributed by atoms with Crippen LogP contribution in [0.1, 0.15) is 28.8 Å². The van der Waals surface area contributed by atoms with E-state index in [2.05, 4.69) is 5.32 Å². The lowest BCUT2D eigenvalue weighted by Crippen LogP contribution is -2.33. The van der Waals surface area contributed by atoms with Crippen LogP contribution in [-0.4, -0.2) is 41.9 Å². The normalized spacial score (nSPS) is 24.7. The Morgan fingerprint density at radius 2 is 1.91 bits per heavy atom. The van der Waals surface area contributed by atoms with E-state index in [1.807, 2.05) is 6.92 Å². The Hall–Kier alpha value is -1.95. The average molecular weight is 303 g/mol. The van der Waals surface area contributed by atoms with Crippen LogP contribution in [0.2, 0.25) is 0 Å². The van der Waals surface area contributed by atoms with Crippen molar-refractivity contribution in [2.45, 2.75) is 19.8 Å². The fourth-order valence-corrected chi connectivity index (χ4v) is 3.57. The van der Waals surface area contributed by atoms with Gasteiger partial charge in [0.2, 0.25) is 0 Å². The Morgan fingerprint density at radius 3 is 2.50 bits per heavy atom. The quantitative estimate of drug-likeness (QED) is 0.669. The minimum atomic E-state index is -0.469. The Kier molecular flexibility index (Phi) is 4.11. The summed E-state index contributed by atoms with van der Waals surface area (Å²) >= 11 is 0. The first-order chi connectivity index (χ1) is 10.6. The summed E-state index contributed by atoms with van der Waals surface area (Å²) in [5.74, 6) is 1.05. The van der Waals surface area contributed by atoms with Gasteiger partial charge in [-0.3, -0.25) is 14.9 Å². The van der Waals surface area contributed by atoms with Gasteiger partial charge < -0.3 is 10.2 Å². The van der Waals surface area contributed by atoms with Crippen LogP contribution in [0.15, 0.2) is 18.2 Å². The van der Waals surface area contributed by atoms with Crippen LogP contribution >= 0.6 is 0 Å². The Morgan fingerprint density at radius 1 is 1.27 bits per heavy atom. The van der Waals surface area contributed by atoms with Crippen molar-refractivity contribution in [2.24, 2.45) is 11.8 Å². The molecular weight excluding hydrogens is 282 g/mol. The summed E-state index contributed by atoms with van der Waals surface area (Å²) in [5.41, 5.74) is 0.988. The maximum absolute atomic E-state index is 12.8. The van der Waals surface area contributed by atoms with E-state index in [0.29, 0.717) is 24.9 Å². The van der Waals surface area contributed by atoms with E-state index in [9.17, 15) is 14.9 Å². The second-order valence-electron chi connectivity index (χ2n) is 6.33. The van der Waals surface area contributed by atoms with Gasteiger partial charge in [0.25, 0.3) is 11.6 Å². The number of hydrogen-bond acceptors (Lipinski definition) is 4. The fourth-order valence-electron chi connectivity index (χ4n) is 3.57. The maximum Gasteiger partial charge on any atom is 0.282 e. The largest absolute Gasteiger partial charge is 0.338 e. The predicted octanol–water partition coefficient (Wildman–Crippen LogP) is 1.97. The molecule has 2 atom stereocenters. The van der Waals surface area contributed by atoms with E-state index in [1.165, 1.54) is 6.07 Å². The SMILES string of the molecule is Cc1ccc([N+](=O)[O-])c(C(=O)N2CC[C@@H]3CNC[C@@H]3CC2)c1. The number of nitro benzene ring substituents is 1.